The average Bonchev–Trinajstić information content (AvgIpc) is 2.27. The maximum Gasteiger partial charge on any atom is 0.416 e. The number of rotatable bonds is 4. The second-order valence-electron chi connectivity index (χ2n) is 4.12. The third-order valence-electron chi connectivity index (χ3n) is 2.66. The molecule has 1 unspecified atom stereocenters. The Bertz CT molecular complexity index is 443. The molecule has 1 aromatic rings. The first-order valence-electron chi connectivity index (χ1n) is 5.43. The van der Waals surface area contributed by atoms with E-state index in [1.54, 1.807) is 14.0 Å². The van der Waals surface area contributed by atoms with Crippen LogP contribution in [0, 0.1) is 0 Å². The lowest BCUT2D eigenvalue weighted by Crippen LogP contribution is -2.25. The molecule has 0 spiro atoms. The van der Waals surface area contributed by atoms with Crippen molar-refractivity contribution >= 4 is 11.5 Å². The van der Waals surface area contributed by atoms with E-state index in [9.17, 15) is 18.0 Å². The number of Topliss-reactive ketones (excluding diaryl/α,β-unsaturated/α-hetero) is 1. The van der Waals surface area contributed by atoms with Gasteiger partial charge in [-0.2, -0.15) is 13.2 Å². The molecule has 0 saturated heterocycles. The summed E-state index contributed by atoms with van der Waals surface area (Å²) in [5.41, 5.74) is 4.64. The van der Waals surface area contributed by atoms with Crippen molar-refractivity contribution < 1.29 is 18.0 Å². The van der Waals surface area contributed by atoms with Gasteiger partial charge in [0.1, 0.15) is 0 Å². The molecule has 1 rings (SSSR count). The lowest BCUT2D eigenvalue weighted by molar-refractivity contribution is -0.137. The summed E-state index contributed by atoms with van der Waals surface area (Å²) in [5.74, 6) is -0.275. The highest BCUT2D eigenvalue weighted by Gasteiger charge is 2.31. The van der Waals surface area contributed by atoms with Gasteiger partial charge in [-0.15, -0.1) is 0 Å². The van der Waals surface area contributed by atoms with Gasteiger partial charge in [0, 0.05) is 23.7 Å². The van der Waals surface area contributed by atoms with Gasteiger partial charge in [0.2, 0.25) is 0 Å². The van der Waals surface area contributed by atoms with Crippen LogP contribution in [-0.2, 0) is 6.18 Å². The molecule has 0 aliphatic rings. The smallest absolute Gasteiger partial charge is 0.398 e. The van der Waals surface area contributed by atoms with Gasteiger partial charge in [-0.3, -0.25) is 4.79 Å². The summed E-state index contributed by atoms with van der Waals surface area (Å²) in [6, 6.07) is 2.73. The first-order chi connectivity index (χ1) is 8.25. The second-order valence-corrected chi connectivity index (χ2v) is 4.12. The summed E-state index contributed by atoms with van der Waals surface area (Å²) in [4.78, 5) is 11.8. The number of carbonyl (C=O) groups excluding carboxylic acids is 1. The van der Waals surface area contributed by atoms with Crippen molar-refractivity contribution in [2.24, 2.45) is 0 Å². The van der Waals surface area contributed by atoms with Crippen LogP contribution >= 0.6 is 0 Å². The number of nitrogens with two attached hydrogens (primary N) is 1. The minimum absolute atomic E-state index is 0.0563. The molecule has 1 atom stereocenters. The highest BCUT2D eigenvalue weighted by Crippen LogP contribution is 2.31. The van der Waals surface area contributed by atoms with E-state index in [1.807, 2.05) is 0 Å². The summed E-state index contributed by atoms with van der Waals surface area (Å²) in [6.45, 7) is 1.80. The zero-order chi connectivity index (χ0) is 13.9. The molecule has 0 heterocycles. The fourth-order valence-electron chi connectivity index (χ4n) is 1.48. The van der Waals surface area contributed by atoms with Crippen molar-refractivity contribution in [3.8, 4) is 0 Å². The number of hydrogen-bond acceptors (Lipinski definition) is 3. The predicted octanol–water partition coefficient (Wildman–Crippen LogP) is 2.47. The lowest BCUT2D eigenvalue weighted by Gasteiger charge is -2.12. The summed E-state index contributed by atoms with van der Waals surface area (Å²) < 4.78 is 37.2. The Hall–Kier alpha value is -1.56. The number of alkyl halides is 3. The fourth-order valence-corrected chi connectivity index (χ4v) is 1.48. The number of carbonyl (C=O) groups is 1. The SMILES string of the molecule is CNC(C)CC(=O)c1ccc(C(F)(F)F)cc1N. The van der Waals surface area contributed by atoms with Crippen molar-refractivity contribution in [3.63, 3.8) is 0 Å². The van der Waals surface area contributed by atoms with Crippen molar-refractivity contribution in [2.45, 2.75) is 25.6 Å². The Kier molecular flexibility index (Phi) is 4.34. The highest BCUT2D eigenvalue weighted by molar-refractivity contribution is 6.01. The van der Waals surface area contributed by atoms with Crippen LogP contribution in [0.4, 0.5) is 18.9 Å². The number of benzene rings is 1. The van der Waals surface area contributed by atoms with Crippen LogP contribution in [0.3, 0.4) is 0 Å². The van der Waals surface area contributed by atoms with Gasteiger partial charge in [0.25, 0.3) is 0 Å². The maximum absolute atomic E-state index is 12.4. The molecule has 0 saturated carbocycles. The van der Waals surface area contributed by atoms with Crippen LogP contribution < -0.4 is 11.1 Å². The largest absolute Gasteiger partial charge is 0.416 e. The van der Waals surface area contributed by atoms with Gasteiger partial charge < -0.3 is 11.1 Å². The third-order valence-corrected chi connectivity index (χ3v) is 2.66. The molecule has 0 aliphatic heterocycles. The van der Waals surface area contributed by atoms with E-state index in [1.165, 1.54) is 0 Å². The summed E-state index contributed by atoms with van der Waals surface area (Å²) >= 11 is 0. The Morgan fingerprint density at radius 1 is 1.44 bits per heavy atom. The van der Waals surface area contributed by atoms with E-state index in [0.29, 0.717) is 0 Å². The van der Waals surface area contributed by atoms with Gasteiger partial charge in [-0.1, -0.05) is 0 Å². The zero-order valence-corrected chi connectivity index (χ0v) is 10.1. The van der Waals surface area contributed by atoms with Crippen molar-refractivity contribution in [1.29, 1.82) is 0 Å². The van der Waals surface area contributed by atoms with Crippen LogP contribution in [0.1, 0.15) is 29.3 Å². The highest BCUT2D eigenvalue weighted by atomic mass is 19.4. The van der Waals surface area contributed by atoms with E-state index < -0.39 is 11.7 Å². The van der Waals surface area contributed by atoms with E-state index in [4.69, 9.17) is 5.73 Å². The topological polar surface area (TPSA) is 55.1 Å². The molecule has 0 bridgehead atoms. The fraction of sp³-hybridized carbons (Fsp3) is 0.417. The molecule has 3 N–H and O–H groups in total. The molecular formula is C12H15F3N2O. The molecule has 0 aromatic heterocycles. The van der Waals surface area contributed by atoms with Gasteiger partial charge in [0.05, 0.1) is 5.56 Å². The molecule has 6 heteroatoms. The summed E-state index contributed by atoms with van der Waals surface area (Å²) in [7, 11) is 1.70. The minimum atomic E-state index is -4.45. The summed E-state index contributed by atoms with van der Waals surface area (Å²) in [6.07, 6.45) is -4.26. The van der Waals surface area contributed by atoms with Crippen LogP contribution in [-0.4, -0.2) is 18.9 Å². The average molecular weight is 260 g/mol. The van der Waals surface area contributed by atoms with E-state index in [2.05, 4.69) is 5.32 Å². The maximum atomic E-state index is 12.4. The zero-order valence-electron chi connectivity index (χ0n) is 10.1. The number of anilines is 1. The van der Waals surface area contributed by atoms with E-state index in [0.717, 1.165) is 18.2 Å². The summed E-state index contributed by atoms with van der Waals surface area (Å²) in [5, 5.41) is 2.88. The van der Waals surface area contributed by atoms with Gasteiger partial charge in [-0.25, -0.2) is 0 Å². The monoisotopic (exact) mass is 260 g/mol. The Morgan fingerprint density at radius 2 is 2.06 bits per heavy atom. The molecular weight excluding hydrogens is 245 g/mol. The molecule has 0 fully saturated rings. The van der Waals surface area contributed by atoms with Crippen LogP contribution in [0.2, 0.25) is 0 Å². The van der Waals surface area contributed by atoms with Gasteiger partial charge in [-0.05, 0) is 32.2 Å². The Morgan fingerprint density at radius 3 is 2.50 bits per heavy atom. The molecule has 100 valence electrons. The van der Waals surface area contributed by atoms with Crippen molar-refractivity contribution in [3.05, 3.63) is 29.3 Å². The van der Waals surface area contributed by atoms with Crippen LogP contribution in [0.25, 0.3) is 0 Å². The Labute approximate surface area is 103 Å². The normalized spacial score (nSPS) is 13.4. The molecule has 0 radical (unpaired) electrons. The second kappa shape index (κ2) is 5.39. The van der Waals surface area contributed by atoms with Crippen LogP contribution in [0.5, 0.6) is 0 Å². The molecule has 1 aromatic carbocycles. The number of hydrogen-bond donors (Lipinski definition) is 2. The molecule has 18 heavy (non-hydrogen) atoms. The third kappa shape index (κ3) is 3.46. The van der Waals surface area contributed by atoms with E-state index in [-0.39, 0.29) is 29.5 Å². The first kappa shape index (κ1) is 14.5. The number of nitrogens with one attached hydrogen (secondary N) is 1. The molecule has 3 nitrogen and oxygen atoms in total. The minimum Gasteiger partial charge on any atom is -0.398 e. The first-order valence-corrected chi connectivity index (χ1v) is 5.43. The van der Waals surface area contributed by atoms with Crippen molar-refractivity contribution in [1.82, 2.24) is 5.32 Å². The van der Waals surface area contributed by atoms with Gasteiger partial charge in [0.15, 0.2) is 5.78 Å². The van der Waals surface area contributed by atoms with Gasteiger partial charge >= 0.3 is 6.18 Å². The quantitative estimate of drug-likeness (QED) is 0.646. The molecule has 0 amide bonds. The Balaban J connectivity index is 2.96. The number of ketones is 1. The van der Waals surface area contributed by atoms with Crippen molar-refractivity contribution in [2.75, 3.05) is 12.8 Å². The van der Waals surface area contributed by atoms with Crippen LogP contribution in [0.15, 0.2) is 18.2 Å². The number of halogens is 3. The standard InChI is InChI=1S/C12H15F3N2O/c1-7(17-2)5-11(18)9-4-3-8(6-10(9)16)12(13,14)15/h3-4,6-7,17H,5,16H2,1-2H3. The lowest BCUT2D eigenvalue weighted by atomic mass is 10.0. The predicted molar refractivity (Wildman–Crippen MR) is 63.3 cm³/mol. The molecule has 0 aliphatic carbocycles. The number of nitrogen functional groups attached to an aromatic ring is 1. The van der Waals surface area contributed by atoms with E-state index >= 15 is 0 Å².